The van der Waals surface area contributed by atoms with Gasteiger partial charge < -0.3 is 0 Å². The summed E-state index contributed by atoms with van der Waals surface area (Å²) in [6.07, 6.45) is 1.15. The minimum Gasteiger partial charge on any atom is -0.0786 e. The van der Waals surface area contributed by atoms with Crippen LogP contribution in [0.1, 0.15) is 48.7 Å². The summed E-state index contributed by atoms with van der Waals surface area (Å²) in [5.41, 5.74) is 4.27. The van der Waals surface area contributed by atoms with Crippen molar-refractivity contribution < 1.29 is 0 Å². The molecule has 0 saturated heterocycles. The highest BCUT2D eigenvalue weighted by Gasteiger charge is 2.18. The Labute approximate surface area is 144 Å². The van der Waals surface area contributed by atoms with Crippen molar-refractivity contribution in [3.8, 4) is 0 Å². The molecule has 0 aliphatic rings. The largest absolute Gasteiger partial charge is 0.0786 e. The lowest BCUT2D eigenvalue weighted by Crippen LogP contribution is -2.15. The average molecular weight is 443 g/mol. The zero-order valence-corrected chi connectivity index (χ0v) is 15.9. The minimum atomic E-state index is 0.253. The van der Waals surface area contributed by atoms with Crippen LogP contribution in [0.3, 0.4) is 0 Å². The molecule has 2 rings (SSSR count). The molecule has 2 heteroatoms. The molecule has 2 aromatic rings. The van der Waals surface area contributed by atoms with Gasteiger partial charge in [0.15, 0.2) is 0 Å². The zero-order valence-electron chi connectivity index (χ0n) is 12.2. The third-order valence-corrected chi connectivity index (χ3v) is 5.81. The first-order chi connectivity index (χ1) is 9.44. The van der Waals surface area contributed by atoms with Crippen molar-refractivity contribution in [3.63, 3.8) is 0 Å². The number of benzene rings is 2. The lowest BCUT2D eigenvalue weighted by molar-refractivity contribution is 0.506. The maximum Gasteiger partial charge on any atom is 0.0644 e. The van der Waals surface area contributed by atoms with Crippen molar-refractivity contribution in [2.24, 2.45) is 0 Å². The van der Waals surface area contributed by atoms with Gasteiger partial charge in [-0.25, -0.2) is 0 Å². The van der Waals surface area contributed by atoms with Crippen LogP contribution in [-0.4, -0.2) is 0 Å². The quantitative estimate of drug-likeness (QED) is 0.376. The van der Waals surface area contributed by atoms with Gasteiger partial charge in [0.2, 0.25) is 0 Å². The number of halogens is 2. The monoisotopic (exact) mass is 442 g/mol. The van der Waals surface area contributed by atoms with Gasteiger partial charge in [0.05, 0.1) is 4.83 Å². The first-order valence-corrected chi connectivity index (χ1v) is 8.93. The Morgan fingerprint density at radius 3 is 1.85 bits per heavy atom. The van der Waals surface area contributed by atoms with Crippen LogP contribution >= 0.6 is 38.5 Å². The Hall–Kier alpha value is -0.350. The van der Waals surface area contributed by atoms with E-state index < -0.39 is 0 Å². The van der Waals surface area contributed by atoms with Crippen LogP contribution in [0.4, 0.5) is 0 Å². The maximum atomic E-state index is 3.81. The van der Waals surface area contributed by atoms with Crippen LogP contribution in [0.25, 0.3) is 0 Å². The van der Waals surface area contributed by atoms with E-state index >= 15 is 0 Å². The van der Waals surface area contributed by atoms with Gasteiger partial charge >= 0.3 is 0 Å². The standard InChI is InChI=1S/C18H20BrI/c1-4-18(2,3)15-9-5-13(6-10-15)17(19)14-7-11-16(20)12-8-14/h5-12,17H,4H2,1-3H3. The highest BCUT2D eigenvalue weighted by molar-refractivity contribution is 14.1. The van der Waals surface area contributed by atoms with E-state index in [9.17, 15) is 0 Å². The highest BCUT2D eigenvalue weighted by atomic mass is 127. The first kappa shape index (κ1) is 16.0. The number of hydrogen-bond acceptors (Lipinski definition) is 0. The molecule has 2 aromatic carbocycles. The van der Waals surface area contributed by atoms with Crippen LogP contribution in [-0.2, 0) is 5.41 Å². The lowest BCUT2D eigenvalue weighted by Gasteiger charge is -2.24. The van der Waals surface area contributed by atoms with E-state index in [0.29, 0.717) is 0 Å². The van der Waals surface area contributed by atoms with Gasteiger partial charge in [-0.15, -0.1) is 0 Å². The van der Waals surface area contributed by atoms with Gasteiger partial charge in [0.1, 0.15) is 0 Å². The minimum absolute atomic E-state index is 0.253. The molecule has 0 N–H and O–H groups in total. The first-order valence-electron chi connectivity index (χ1n) is 6.94. The van der Waals surface area contributed by atoms with Crippen molar-refractivity contribution in [2.75, 3.05) is 0 Å². The average Bonchev–Trinajstić information content (AvgIpc) is 2.47. The zero-order chi connectivity index (χ0) is 14.8. The fraction of sp³-hybridized carbons (Fsp3) is 0.333. The summed E-state index contributed by atoms with van der Waals surface area (Å²) in [7, 11) is 0. The highest BCUT2D eigenvalue weighted by Crippen LogP contribution is 2.33. The van der Waals surface area contributed by atoms with E-state index in [1.54, 1.807) is 0 Å². The second-order valence-corrected chi connectivity index (χ2v) is 7.93. The molecule has 0 nitrogen and oxygen atoms in total. The third kappa shape index (κ3) is 3.64. The molecule has 0 spiro atoms. The third-order valence-electron chi connectivity index (χ3n) is 4.03. The molecule has 0 aromatic heterocycles. The Kier molecular flexibility index (Phi) is 5.30. The molecular formula is C18H20BrI. The molecule has 0 aliphatic heterocycles. The summed E-state index contributed by atoms with van der Waals surface area (Å²) in [6, 6.07) is 17.7. The molecule has 0 bridgehead atoms. The van der Waals surface area contributed by atoms with E-state index in [0.717, 1.165) is 6.42 Å². The van der Waals surface area contributed by atoms with E-state index in [2.05, 4.69) is 108 Å². The van der Waals surface area contributed by atoms with Crippen molar-refractivity contribution in [1.29, 1.82) is 0 Å². The Bertz CT molecular complexity index is 555. The molecule has 1 atom stereocenters. The molecule has 20 heavy (non-hydrogen) atoms. The van der Waals surface area contributed by atoms with E-state index in [1.165, 1.54) is 20.3 Å². The van der Waals surface area contributed by atoms with E-state index in [-0.39, 0.29) is 10.2 Å². The second-order valence-electron chi connectivity index (χ2n) is 5.77. The van der Waals surface area contributed by atoms with Crippen molar-refractivity contribution >= 4 is 38.5 Å². The van der Waals surface area contributed by atoms with Crippen LogP contribution in [0.2, 0.25) is 0 Å². The summed E-state index contributed by atoms with van der Waals surface area (Å²) in [4.78, 5) is 0.262. The predicted molar refractivity (Wildman–Crippen MR) is 99.7 cm³/mol. The molecule has 106 valence electrons. The van der Waals surface area contributed by atoms with Gasteiger partial charge in [-0.3, -0.25) is 0 Å². The summed E-state index contributed by atoms with van der Waals surface area (Å²) < 4.78 is 1.27. The van der Waals surface area contributed by atoms with Crippen LogP contribution in [0.5, 0.6) is 0 Å². The number of alkyl halides is 1. The SMILES string of the molecule is CCC(C)(C)c1ccc(C(Br)c2ccc(I)cc2)cc1. The summed E-state index contributed by atoms with van der Waals surface area (Å²) >= 11 is 6.14. The van der Waals surface area contributed by atoms with Crippen molar-refractivity contribution in [2.45, 2.75) is 37.4 Å². The Balaban J connectivity index is 2.23. The summed E-state index contributed by atoms with van der Waals surface area (Å²) in [5.74, 6) is 0. The van der Waals surface area contributed by atoms with Gasteiger partial charge in [0, 0.05) is 3.57 Å². The van der Waals surface area contributed by atoms with Gasteiger partial charge in [-0.05, 0) is 63.2 Å². The van der Waals surface area contributed by atoms with Gasteiger partial charge in [-0.2, -0.15) is 0 Å². The molecule has 0 radical (unpaired) electrons. The smallest absolute Gasteiger partial charge is 0.0644 e. The number of rotatable bonds is 4. The molecule has 1 unspecified atom stereocenters. The summed E-state index contributed by atoms with van der Waals surface area (Å²) in [6.45, 7) is 6.84. The molecule has 0 aliphatic carbocycles. The molecule has 0 saturated carbocycles. The van der Waals surface area contributed by atoms with Crippen LogP contribution < -0.4 is 0 Å². The molecular weight excluding hydrogens is 423 g/mol. The molecule has 0 fully saturated rings. The maximum absolute atomic E-state index is 3.81. The van der Waals surface area contributed by atoms with Gasteiger partial charge in [0.25, 0.3) is 0 Å². The Morgan fingerprint density at radius 2 is 1.40 bits per heavy atom. The van der Waals surface area contributed by atoms with E-state index in [1.807, 2.05) is 0 Å². The number of hydrogen-bond donors (Lipinski definition) is 0. The van der Waals surface area contributed by atoms with Crippen molar-refractivity contribution in [1.82, 2.24) is 0 Å². The van der Waals surface area contributed by atoms with Crippen LogP contribution in [0, 0.1) is 3.57 Å². The molecule has 0 heterocycles. The fourth-order valence-electron chi connectivity index (χ4n) is 2.13. The summed E-state index contributed by atoms with van der Waals surface area (Å²) in [5, 5.41) is 0. The second kappa shape index (κ2) is 6.61. The predicted octanol–water partition coefficient (Wildman–Crippen LogP) is 6.46. The topological polar surface area (TPSA) is 0 Å². The van der Waals surface area contributed by atoms with Gasteiger partial charge in [-0.1, -0.05) is 73.1 Å². The lowest BCUT2D eigenvalue weighted by atomic mass is 9.82. The molecule has 0 amide bonds. The fourth-order valence-corrected chi connectivity index (χ4v) is 3.10. The van der Waals surface area contributed by atoms with Crippen molar-refractivity contribution in [3.05, 3.63) is 68.8 Å². The van der Waals surface area contributed by atoms with Crippen LogP contribution in [0.15, 0.2) is 48.5 Å². The van der Waals surface area contributed by atoms with E-state index in [4.69, 9.17) is 0 Å². The normalized spacial score (nSPS) is 13.2. The Morgan fingerprint density at radius 1 is 0.950 bits per heavy atom.